The van der Waals surface area contributed by atoms with Gasteiger partial charge in [-0.15, -0.1) is 0 Å². The number of hydrogen-bond donors (Lipinski definition) is 0. The molecular formula is C99H88N8O4+4. The van der Waals surface area contributed by atoms with Crippen molar-refractivity contribution in [3.05, 3.63) is 288 Å². The standard InChI is InChI=1S/C29H29N2O.C25H23N2O.C23H19N2O.C22H17N2O/c1-19-14-24-25-17-22-10-6-7-11-26(22)30-29(25)32-28(24)18-23(19)27-16-21(12-13-31(27)2)15-20-8-4-3-5-9-20;1-15(2)17-9-10-27(4)23(13-17)19-14-20-21-12-18-7-5-6-8-22(18)26-25(21)28-24(20)11-16(19)3;1-14-8-9-25(3)21(10-14)17-13-18-19-12-16-6-4-5-7-20(16)24-23(19)26-22(18)11-15(17)2;1-14-11-21-17(13-16(14)20-9-5-6-10-24(20)2)18-12-15-7-3-4-8-19(15)23-22(18)25-21/h6-7,10-14,16-18,20H,3-5,8-9,15H2,1-2H3;5-15H,1-4H3;4-13H,1-3H3;3-13H,1-2H3/q4*+1/i15D2;1D3,15D;;. The molecule has 0 saturated heterocycles. The van der Waals surface area contributed by atoms with Crippen LogP contribution in [0.5, 0.6) is 0 Å². The van der Waals surface area contributed by atoms with Crippen molar-refractivity contribution in [2.75, 3.05) is 0 Å². The van der Waals surface area contributed by atoms with Gasteiger partial charge in [0.15, 0.2) is 24.8 Å². The van der Waals surface area contributed by atoms with Gasteiger partial charge in [0.05, 0.1) is 27.6 Å². The number of benzene rings is 8. The Kier molecular flexibility index (Phi) is 16.3. The lowest BCUT2D eigenvalue weighted by Crippen LogP contribution is -2.31. The van der Waals surface area contributed by atoms with Gasteiger partial charge in [0.25, 0.3) is 0 Å². The van der Waals surface area contributed by atoms with Crippen LogP contribution in [0.1, 0.15) is 98.9 Å². The summed E-state index contributed by atoms with van der Waals surface area (Å²) >= 11 is 0. The van der Waals surface area contributed by atoms with Crippen LogP contribution in [0.2, 0.25) is 0 Å². The number of para-hydroxylation sites is 4. The van der Waals surface area contributed by atoms with Crippen LogP contribution < -0.4 is 18.3 Å². The van der Waals surface area contributed by atoms with Crippen molar-refractivity contribution in [2.45, 2.75) is 92.8 Å². The highest BCUT2D eigenvalue weighted by atomic mass is 16.4. The molecule has 1 saturated carbocycles. The van der Waals surface area contributed by atoms with E-state index >= 15 is 0 Å². The lowest BCUT2D eigenvalue weighted by Gasteiger charge is -2.21. The molecule has 12 nitrogen and oxygen atoms in total. The minimum Gasteiger partial charge on any atom is -0.438 e. The van der Waals surface area contributed by atoms with E-state index in [9.17, 15) is 0 Å². The van der Waals surface area contributed by atoms with Crippen LogP contribution in [0, 0.1) is 40.5 Å². The largest absolute Gasteiger partial charge is 0.438 e. The van der Waals surface area contributed by atoms with E-state index in [2.05, 4.69) is 182 Å². The first-order valence-corrected chi connectivity index (χ1v) is 38.1. The van der Waals surface area contributed by atoms with E-state index < -0.39 is 19.1 Å². The van der Waals surface area contributed by atoms with Gasteiger partial charge < -0.3 is 17.7 Å². The quantitative estimate of drug-likeness (QED) is 0.145. The normalized spacial score (nSPS) is 14.3. The second kappa shape index (κ2) is 28.6. The molecule has 0 amide bonds. The third kappa shape index (κ3) is 13.3. The fraction of sp³-hybridized carbons (Fsp3) is 0.192. The van der Waals surface area contributed by atoms with Gasteiger partial charge in [0.2, 0.25) is 45.6 Å². The lowest BCUT2D eigenvalue weighted by atomic mass is 9.85. The average molecular weight is 1460 g/mol. The summed E-state index contributed by atoms with van der Waals surface area (Å²) in [5, 5.41) is 12.7. The number of pyridine rings is 8. The molecule has 8 aromatic carbocycles. The zero-order valence-corrected chi connectivity index (χ0v) is 64.0. The Hall–Kier alpha value is -12.8. The van der Waals surface area contributed by atoms with E-state index in [1.807, 2.05) is 147 Å². The Morgan fingerprint density at radius 2 is 0.739 bits per heavy atom. The second-order valence-electron chi connectivity index (χ2n) is 30.0. The Morgan fingerprint density at radius 1 is 0.369 bits per heavy atom. The van der Waals surface area contributed by atoms with E-state index in [-0.39, 0.29) is 5.92 Å². The Balaban J connectivity index is 0.000000108. The number of nitrogens with zero attached hydrogens (tertiary/aromatic N) is 8. The first kappa shape index (κ1) is 63.2. The second-order valence-corrected chi connectivity index (χ2v) is 30.0. The predicted octanol–water partition coefficient (Wildman–Crippen LogP) is 23.3. The van der Waals surface area contributed by atoms with Crippen LogP contribution in [-0.2, 0) is 34.6 Å². The summed E-state index contributed by atoms with van der Waals surface area (Å²) in [6.45, 7) is 9.51. The fourth-order valence-electron chi connectivity index (χ4n) is 16.1. The molecule has 1 aliphatic carbocycles. The van der Waals surface area contributed by atoms with Gasteiger partial charge in [-0.05, 0) is 195 Å². The minimum atomic E-state index is -2.43. The summed E-state index contributed by atoms with van der Waals surface area (Å²) in [6, 6.07) is 76.1. The monoisotopic (exact) mass is 1460 g/mol. The summed E-state index contributed by atoms with van der Waals surface area (Å²) in [5.41, 5.74) is 25.4. The summed E-state index contributed by atoms with van der Waals surface area (Å²) in [7, 11) is 8.09. The van der Waals surface area contributed by atoms with Gasteiger partial charge in [-0.25, -0.2) is 38.2 Å². The highest BCUT2D eigenvalue weighted by Gasteiger charge is 2.25. The maximum atomic E-state index is 8.95. The van der Waals surface area contributed by atoms with E-state index in [1.54, 1.807) is 6.07 Å². The van der Waals surface area contributed by atoms with E-state index in [4.69, 9.17) is 40.8 Å². The first-order valence-electron chi connectivity index (χ1n) is 41.1. The number of aryl methyl sites for hydroxylation is 9. The minimum absolute atomic E-state index is 0.0842. The number of rotatable bonds is 7. The smallest absolute Gasteiger partial charge is 0.227 e. The number of fused-ring (bicyclic) bond motifs is 16. The molecule has 111 heavy (non-hydrogen) atoms. The maximum Gasteiger partial charge on any atom is 0.227 e. The zero-order chi connectivity index (χ0) is 81.1. The third-order valence-electron chi connectivity index (χ3n) is 22.2. The molecule has 21 rings (SSSR count). The van der Waals surface area contributed by atoms with E-state index in [0.29, 0.717) is 28.4 Å². The highest BCUT2D eigenvalue weighted by Crippen LogP contribution is 2.41. The average Bonchev–Trinajstić information content (AvgIpc) is 1.68. The van der Waals surface area contributed by atoms with E-state index in [1.165, 1.54) is 52.5 Å². The first-order chi connectivity index (χ1) is 56.3. The number of aromatic nitrogens is 8. The van der Waals surface area contributed by atoms with E-state index in [0.717, 1.165) is 174 Å². The molecule has 0 spiro atoms. The molecule has 0 bridgehead atoms. The molecule has 0 N–H and O–H groups in total. The van der Waals surface area contributed by atoms with Crippen LogP contribution in [0.4, 0.5) is 0 Å². The zero-order valence-electron chi connectivity index (χ0n) is 70.0. The maximum absolute atomic E-state index is 8.95. The lowest BCUT2D eigenvalue weighted by molar-refractivity contribution is -0.660. The van der Waals surface area contributed by atoms with Crippen LogP contribution >= 0.6 is 0 Å². The molecule has 1 fully saturated rings. The van der Waals surface area contributed by atoms with Gasteiger partial charge in [-0.2, -0.15) is 0 Å². The molecule has 0 aliphatic heterocycles. The molecule has 12 heterocycles. The van der Waals surface area contributed by atoms with Crippen molar-refractivity contribution in [2.24, 2.45) is 34.1 Å². The summed E-state index contributed by atoms with van der Waals surface area (Å²) in [4.78, 5) is 18.8. The van der Waals surface area contributed by atoms with Gasteiger partial charge in [0, 0.05) is 138 Å². The van der Waals surface area contributed by atoms with Gasteiger partial charge >= 0.3 is 0 Å². The molecule has 0 radical (unpaired) electrons. The molecule has 12 heteroatoms. The van der Waals surface area contributed by atoms with Crippen LogP contribution in [-0.4, -0.2) is 19.9 Å². The van der Waals surface area contributed by atoms with Crippen LogP contribution in [0.15, 0.2) is 267 Å². The van der Waals surface area contributed by atoms with Gasteiger partial charge in [-0.1, -0.05) is 119 Å². The predicted molar refractivity (Wildman–Crippen MR) is 451 cm³/mol. The topological polar surface area (TPSA) is 120 Å². The van der Waals surface area contributed by atoms with Crippen molar-refractivity contribution < 1.29 is 44.2 Å². The molecule has 544 valence electrons. The van der Waals surface area contributed by atoms with Crippen molar-refractivity contribution >= 4 is 132 Å². The van der Waals surface area contributed by atoms with Crippen LogP contribution in [0.25, 0.3) is 177 Å². The van der Waals surface area contributed by atoms with Crippen molar-refractivity contribution in [3.8, 4) is 45.0 Å². The molecule has 20 aromatic rings. The fourth-order valence-corrected chi connectivity index (χ4v) is 16.1. The third-order valence-corrected chi connectivity index (χ3v) is 22.2. The molecule has 1 unspecified atom stereocenters. The Bertz CT molecular complexity index is 7400. The number of furan rings is 4. The molecular weight excluding hydrogens is 1370 g/mol. The van der Waals surface area contributed by atoms with Gasteiger partial charge in [0.1, 0.15) is 50.5 Å². The highest BCUT2D eigenvalue weighted by molar-refractivity contribution is 6.12. The van der Waals surface area contributed by atoms with Crippen molar-refractivity contribution in [1.82, 2.24) is 19.9 Å². The SMILES string of the molecule is Cc1cc2oc3nc4ccccc4cc3c2cc1-c1cccc[n+]1C.Cc1cc[n+](C)c(-c2cc3c(cc2C)oc2nc4ccccc4cc23)c1.[2H]C([2H])([2H])C([2H])(C)c1cc[n+](C)c(-c2cc3c(cc2C)oc2nc4ccccc4cc23)c1.[2H]C([2H])(c1cc[n+](C)c(-c2cc3oc4nc5ccccc5cc4c3cc2C)c1)C1CCCCC1. The molecule has 1 aliphatic rings. The van der Waals surface area contributed by atoms with Crippen molar-refractivity contribution in [3.63, 3.8) is 0 Å². The molecule has 1 atom stereocenters. The van der Waals surface area contributed by atoms with Crippen LogP contribution in [0.3, 0.4) is 0 Å². The summed E-state index contributed by atoms with van der Waals surface area (Å²) in [6.07, 6.45) is 12.1. The van der Waals surface area contributed by atoms with Gasteiger partial charge in [-0.3, -0.25) is 0 Å². The summed E-state index contributed by atoms with van der Waals surface area (Å²) in [5.74, 6) is -1.62. The Labute approximate surface area is 652 Å². The number of hydrogen-bond acceptors (Lipinski definition) is 8. The Morgan fingerprint density at radius 3 is 1.20 bits per heavy atom. The van der Waals surface area contributed by atoms with Crippen molar-refractivity contribution in [1.29, 1.82) is 0 Å². The molecule has 12 aromatic heterocycles. The summed E-state index contributed by atoms with van der Waals surface area (Å²) < 4.78 is 82.5.